The molecule has 1 aromatic rings. The maximum atomic E-state index is 11.5. The van der Waals surface area contributed by atoms with Gasteiger partial charge in [0.05, 0.1) is 12.7 Å². The Kier molecular flexibility index (Phi) is 5.30. The summed E-state index contributed by atoms with van der Waals surface area (Å²) in [7, 11) is 1.35. The molecule has 0 aliphatic rings. The average molecular weight is 266 g/mol. The fraction of sp³-hybridized carbons (Fsp3) is 0.571. The van der Waals surface area contributed by atoms with Crippen LogP contribution in [0.3, 0.4) is 0 Å². The third-order valence-electron chi connectivity index (χ3n) is 2.97. The third kappa shape index (κ3) is 4.52. The van der Waals surface area contributed by atoms with Crippen LogP contribution in [0.25, 0.3) is 0 Å². The van der Waals surface area contributed by atoms with Crippen molar-refractivity contribution in [1.29, 1.82) is 0 Å². The summed E-state index contributed by atoms with van der Waals surface area (Å²) in [5.41, 5.74) is 0.433. The predicted octanol–water partition coefficient (Wildman–Crippen LogP) is 2.08. The molecular weight excluding hydrogens is 244 g/mol. The second kappa shape index (κ2) is 6.52. The maximum Gasteiger partial charge on any atom is 0.338 e. The average Bonchev–Trinajstić information content (AvgIpc) is 2.36. The van der Waals surface area contributed by atoms with E-state index >= 15 is 0 Å². The van der Waals surface area contributed by atoms with Crippen LogP contribution in [0.1, 0.15) is 37.6 Å². The quantitative estimate of drug-likeness (QED) is 0.798. The number of carbonyl (C=O) groups is 1. The number of pyridine rings is 1. The number of rotatable bonds is 5. The zero-order chi connectivity index (χ0) is 14.5. The van der Waals surface area contributed by atoms with E-state index in [0.717, 1.165) is 0 Å². The highest BCUT2D eigenvalue weighted by Gasteiger charge is 2.24. The minimum atomic E-state index is -0.389. The highest BCUT2D eigenvalue weighted by atomic mass is 16.5. The van der Waals surface area contributed by atoms with Crippen LogP contribution in [0, 0.1) is 5.41 Å². The molecule has 1 rings (SSSR count). The van der Waals surface area contributed by atoms with E-state index in [0.29, 0.717) is 17.8 Å². The van der Waals surface area contributed by atoms with E-state index in [1.165, 1.54) is 7.11 Å². The normalized spacial score (nSPS) is 12.9. The van der Waals surface area contributed by atoms with Gasteiger partial charge in [-0.3, -0.25) is 0 Å². The van der Waals surface area contributed by atoms with E-state index in [2.05, 4.69) is 35.8 Å². The number of nitrogens with zero attached hydrogens (tertiary/aromatic N) is 1. The topological polar surface area (TPSA) is 71.5 Å². The van der Waals surface area contributed by atoms with Gasteiger partial charge in [-0.1, -0.05) is 20.8 Å². The van der Waals surface area contributed by atoms with Gasteiger partial charge in [0.1, 0.15) is 5.82 Å². The predicted molar refractivity (Wildman–Crippen MR) is 74.1 cm³/mol. The number of methoxy groups -OCH3 is 1. The molecule has 0 spiro atoms. The van der Waals surface area contributed by atoms with Crippen molar-refractivity contribution in [3.8, 4) is 0 Å². The van der Waals surface area contributed by atoms with Gasteiger partial charge in [0.2, 0.25) is 0 Å². The molecule has 0 amide bonds. The van der Waals surface area contributed by atoms with Crippen LogP contribution in [-0.2, 0) is 4.74 Å². The molecule has 1 heterocycles. The molecule has 1 unspecified atom stereocenters. The summed E-state index contributed by atoms with van der Waals surface area (Å²) in [6.07, 6.45) is 2.18. The summed E-state index contributed by atoms with van der Waals surface area (Å²) in [5.74, 6) is 0.219. The minimum absolute atomic E-state index is 0.0221. The van der Waals surface area contributed by atoms with Crippen LogP contribution in [0.2, 0.25) is 0 Å². The third-order valence-corrected chi connectivity index (χ3v) is 2.97. The van der Waals surface area contributed by atoms with Crippen molar-refractivity contribution in [1.82, 2.24) is 4.98 Å². The Hall–Kier alpha value is -1.62. The molecule has 0 saturated carbocycles. The number of aliphatic hydroxyl groups excluding tert-OH is 1. The fourth-order valence-corrected chi connectivity index (χ4v) is 1.78. The summed E-state index contributed by atoms with van der Waals surface area (Å²) in [6.45, 7) is 6.37. The van der Waals surface area contributed by atoms with E-state index in [4.69, 9.17) is 5.11 Å². The lowest BCUT2D eigenvalue weighted by Crippen LogP contribution is -2.35. The summed E-state index contributed by atoms with van der Waals surface area (Å²) in [6, 6.07) is 3.33. The second-order valence-corrected chi connectivity index (χ2v) is 5.50. The van der Waals surface area contributed by atoms with Crippen molar-refractivity contribution >= 4 is 11.8 Å². The van der Waals surface area contributed by atoms with Gasteiger partial charge in [-0.15, -0.1) is 0 Å². The van der Waals surface area contributed by atoms with Gasteiger partial charge < -0.3 is 15.2 Å². The molecule has 1 aromatic heterocycles. The smallest absolute Gasteiger partial charge is 0.338 e. The number of hydrogen-bond donors (Lipinski definition) is 2. The van der Waals surface area contributed by atoms with Crippen LogP contribution in [0.4, 0.5) is 5.82 Å². The van der Waals surface area contributed by atoms with Crippen LogP contribution >= 0.6 is 0 Å². The Bertz CT molecular complexity index is 427. The molecule has 0 aliphatic heterocycles. The van der Waals surface area contributed by atoms with Gasteiger partial charge in [0.25, 0.3) is 0 Å². The van der Waals surface area contributed by atoms with Crippen molar-refractivity contribution in [2.75, 3.05) is 19.0 Å². The van der Waals surface area contributed by atoms with E-state index in [1.54, 1.807) is 18.3 Å². The highest BCUT2D eigenvalue weighted by Crippen LogP contribution is 2.25. The van der Waals surface area contributed by atoms with Crippen molar-refractivity contribution in [3.63, 3.8) is 0 Å². The van der Waals surface area contributed by atoms with Crippen molar-refractivity contribution in [3.05, 3.63) is 23.9 Å². The first kappa shape index (κ1) is 15.4. The van der Waals surface area contributed by atoms with Crippen molar-refractivity contribution < 1.29 is 14.6 Å². The van der Waals surface area contributed by atoms with Crippen LogP contribution in [0.5, 0.6) is 0 Å². The molecular formula is C14H22N2O3. The lowest BCUT2D eigenvalue weighted by molar-refractivity contribution is 0.0600. The first-order valence-corrected chi connectivity index (χ1v) is 6.30. The molecule has 0 fully saturated rings. The van der Waals surface area contributed by atoms with Gasteiger partial charge in [-0.05, 0) is 24.0 Å². The van der Waals surface area contributed by atoms with Crippen molar-refractivity contribution in [2.24, 2.45) is 5.41 Å². The van der Waals surface area contributed by atoms with Gasteiger partial charge in [0.15, 0.2) is 0 Å². The van der Waals surface area contributed by atoms with Gasteiger partial charge in [-0.2, -0.15) is 0 Å². The molecule has 5 nitrogen and oxygen atoms in total. The SMILES string of the molecule is COC(=O)c1ccnc(NC(CCO)C(C)(C)C)c1. The zero-order valence-electron chi connectivity index (χ0n) is 11.9. The number of hydrogen-bond acceptors (Lipinski definition) is 5. The zero-order valence-corrected chi connectivity index (χ0v) is 11.9. The number of aliphatic hydroxyl groups is 1. The molecule has 0 aliphatic carbocycles. The Labute approximate surface area is 114 Å². The number of nitrogens with one attached hydrogen (secondary N) is 1. The molecule has 2 N–H and O–H groups in total. The Morgan fingerprint density at radius 2 is 2.21 bits per heavy atom. The molecule has 5 heteroatoms. The lowest BCUT2D eigenvalue weighted by atomic mass is 9.85. The van der Waals surface area contributed by atoms with Gasteiger partial charge >= 0.3 is 5.97 Å². The molecule has 0 radical (unpaired) electrons. The number of esters is 1. The lowest BCUT2D eigenvalue weighted by Gasteiger charge is -2.31. The van der Waals surface area contributed by atoms with Gasteiger partial charge in [-0.25, -0.2) is 9.78 Å². The van der Waals surface area contributed by atoms with E-state index in [1.807, 2.05) is 0 Å². The first-order valence-electron chi connectivity index (χ1n) is 6.30. The molecule has 1 atom stereocenters. The first-order chi connectivity index (χ1) is 8.88. The number of aromatic nitrogens is 1. The van der Waals surface area contributed by atoms with Crippen LogP contribution in [-0.4, -0.2) is 35.8 Å². The largest absolute Gasteiger partial charge is 0.465 e. The van der Waals surface area contributed by atoms with E-state index in [-0.39, 0.29) is 24.0 Å². The molecule has 0 bridgehead atoms. The molecule has 0 saturated heterocycles. The second-order valence-electron chi connectivity index (χ2n) is 5.50. The minimum Gasteiger partial charge on any atom is -0.465 e. The number of ether oxygens (including phenoxy) is 1. The van der Waals surface area contributed by atoms with E-state index < -0.39 is 0 Å². The van der Waals surface area contributed by atoms with Crippen molar-refractivity contribution in [2.45, 2.75) is 33.2 Å². The molecule has 19 heavy (non-hydrogen) atoms. The summed E-state index contributed by atoms with van der Waals surface area (Å²) in [4.78, 5) is 15.6. The summed E-state index contributed by atoms with van der Waals surface area (Å²) >= 11 is 0. The maximum absolute atomic E-state index is 11.5. The van der Waals surface area contributed by atoms with E-state index in [9.17, 15) is 4.79 Å². The summed E-state index contributed by atoms with van der Waals surface area (Å²) < 4.78 is 4.68. The van der Waals surface area contributed by atoms with Crippen LogP contribution < -0.4 is 5.32 Å². The fourth-order valence-electron chi connectivity index (χ4n) is 1.78. The molecule has 106 valence electrons. The Balaban J connectivity index is 2.88. The van der Waals surface area contributed by atoms with Crippen LogP contribution in [0.15, 0.2) is 18.3 Å². The molecule has 0 aromatic carbocycles. The number of carbonyl (C=O) groups excluding carboxylic acids is 1. The van der Waals surface area contributed by atoms with Gasteiger partial charge in [0, 0.05) is 18.8 Å². The standard InChI is InChI=1S/C14H22N2O3/c1-14(2,3)11(6-8-17)16-12-9-10(5-7-15-12)13(18)19-4/h5,7,9,11,17H,6,8H2,1-4H3,(H,15,16). The highest BCUT2D eigenvalue weighted by molar-refractivity contribution is 5.89. The summed E-state index contributed by atoms with van der Waals surface area (Å²) in [5, 5.41) is 12.4. The number of anilines is 1. The Morgan fingerprint density at radius 1 is 1.53 bits per heavy atom. The Morgan fingerprint density at radius 3 is 2.74 bits per heavy atom. The monoisotopic (exact) mass is 266 g/mol.